The third-order valence-electron chi connectivity index (χ3n) is 2.06. The normalized spacial score (nSPS) is 20.9. The van der Waals surface area contributed by atoms with Crippen molar-refractivity contribution in [3.8, 4) is 0 Å². The molecule has 1 fully saturated rings. The van der Waals surface area contributed by atoms with E-state index in [-0.39, 0.29) is 17.5 Å². The molecule has 70 valence electrons. The molecular formula is C7H8N2O3S. The van der Waals surface area contributed by atoms with Crippen LogP contribution in [0.2, 0.25) is 0 Å². The van der Waals surface area contributed by atoms with E-state index in [1.165, 1.54) is 10.9 Å². The van der Waals surface area contributed by atoms with Gasteiger partial charge in [-0.25, -0.2) is 8.42 Å². The van der Waals surface area contributed by atoms with Crippen molar-refractivity contribution in [3.63, 3.8) is 0 Å². The molecular weight excluding hydrogens is 192 g/mol. The third-order valence-corrected chi connectivity index (χ3v) is 3.85. The van der Waals surface area contributed by atoms with Gasteiger partial charge in [-0.05, 0) is 6.07 Å². The van der Waals surface area contributed by atoms with Crippen LogP contribution >= 0.6 is 0 Å². The van der Waals surface area contributed by atoms with Gasteiger partial charge in [-0.3, -0.25) is 9.48 Å². The molecule has 0 amide bonds. The summed E-state index contributed by atoms with van der Waals surface area (Å²) in [5.74, 6) is 0.186. The van der Waals surface area contributed by atoms with Crippen molar-refractivity contribution in [2.45, 2.75) is 6.04 Å². The molecule has 0 saturated carbocycles. The molecule has 0 spiro atoms. The lowest BCUT2D eigenvalue weighted by molar-refractivity contribution is 0.111. The number of hydrogen-bond acceptors (Lipinski definition) is 4. The van der Waals surface area contributed by atoms with Crippen molar-refractivity contribution in [2.75, 3.05) is 11.5 Å². The van der Waals surface area contributed by atoms with Gasteiger partial charge in [-0.2, -0.15) is 5.10 Å². The van der Waals surface area contributed by atoms with E-state index in [9.17, 15) is 13.2 Å². The summed E-state index contributed by atoms with van der Waals surface area (Å²) in [5, 5.41) is 3.90. The number of carbonyl (C=O) groups is 1. The molecule has 6 heteroatoms. The predicted molar refractivity (Wildman–Crippen MR) is 45.3 cm³/mol. The van der Waals surface area contributed by atoms with Gasteiger partial charge in [0.15, 0.2) is 16.1 Å². The average Bonchev–Trinajstić information content (AvgIpc) is 2.46. The topological polar surface area (TPSA) is 69.0 Å². The highest BCUT2D eigenvalue weighted by atomic mass is 32.2. The first kappa shape index (κ1) is 8.43. The van der Waals surface area contributed by atoms with Crippen LogP contribution in [0, 0.1) is 0 Å². The molecule has 2 heterocycles. The summed E-state index contributed by atoms with van der Waals surface area (Å²) in [6.45, 7) is 0. The Labute approximate surface area is 75.3 Å². The van der Waals surface area contributed by atoms with Gasteiger partial charge in [-0.15, -0.1) is 0 Å². The molecule has 1 aromatic rings. The molecule has 1 aromatic heterocycles. The molecule has 0 radical (unpaired) electrons. The standard InChI is InChI=1S/C7H8N2O3S/c10-3-6-1-2-8-9(6)7-4-13(11,12)5-7/h1-3,7H,4-5H2. The van der Waals surface area contributed by atoms with E-state index in [0.717, 1.165) is 0 Å². The molecule has 0 N–H and O–H groups in total. The van der Waals surface area contributed by atoms with Gasteiger partial charge in [-0.1, -0.05) is 0 Å². The summed E-state index contributed by atoms with van der Waals surface area (Å²) in [5.41, 5.74) is 0.430. The number of rotatable bonds is 2. The van der Waals surface area contributed by atoms with Gasteiger partial charge in [0.05, 0.1) is 17.5 Å². The fourth-order valence-corrected chi connectivity index (χ4v) is 2.76. The molecule has 5 nitrogen and oxygen atoms in total. The van der Waals surface area contributed by atoms with Crippen LogP contribution in [0.5, 0.6) is 0 Å². The van der Waals surface area contributed by atoms with E-state index >= 15 is 0 Å². The Kier molecular flexibility index (Phi) is 1.73. The van der Waals surface area contributed by atoms with Crippen molar-refractivity contribution >= 4 is 16.1 Å². The molecule has 1 aliphatic rings. The molecule has 13 heavy (non-hydrogen) atoms. The molecule has 0 aromatic carbocycles. The largest absolute Gasteiger partial charge is 0.296 e. The van der Waals surface area contributed by atoms with E-state index in [0.29, 0.717) is 12.0 Å². The Balaban J connectivity index is 2.24. The summed E-state index contributed by atoms with van der Waals surface area (Å²) in [6, 6.07) is 1.41. The number of sulfone groups is 1. The van der Waals surface area contributed by atoms with Crippen LogP contribution in [-0.4, -0.2) is 36.0 Å². The molecule has 0 aliphatic carbocycles. The van der Waals surface area contributed by atoms with Crippen LogP contribution in [0.15, 0.2) is 12.3 Å². The average molecular weight is 200 g/mol. The first-order chi connectivity index (χ1) is 6.12. The Morgan fingerprint density at radius 1 is 1.54 bits per heavy atom. The second kappa shape index (κ2) is 2.66. The SMILES string of the molecule is O=Cc1ccnn1C1CS(=O)(=O)C1. The predicted octanol–water partition coefficient (Wildman–Crippen LogP) is -0.335. The molecule has 0 unspecified atom stereocenters. The van der Waals surface area contributed by atoms with Crippen LogP contribution in [-0.2, 0) is 9.84 Å². The Morgan fingerprint density at radius 2 is 2.23 bits per heavy atom. The van der Waals surface area contributed by atoms with Crippen LogP contribution in [0.1, 0.15) is 16.5 Å². The van der Waals surface area contributed by atoms with Crippen LogP contribution in [0.4, 0.5) is 0 Å². The summed E-state index contributed by atoms with van der Waals surface area (Å²) in [7, 11) is -2.86. The second-order valence-electron chi connectivity index (χ2n) is 3.05. The maximum absolute atomic E-state index is 10.9. The lowest BCUT2D eigenvalue weighted by Crippen LogP contribution is -2.39. The van der Waals surface area contributed by atoms with Gasteiger partial charge in [0.25, 0.3) is 0 Å². The van der Waals surface area contributed by atoms with Crippen LogP contribution in [0.25, 0.3) is 0 Å². The van der Waals surface area contributed by atoms with E-state index in [4.69, 9.17) is 0 Å². The maximum atomic E-state index is 10.9. The summed E-state index contributed by atoms with van der Waals surface area (Å²) < 4.78 is 23.2. The molecule has 0 atom stereocenters. The zero-order chi connectivity index (χ0) is 9.47. The highest BCUT2D eigenvalue weighted by Crippen LogP contribution is 2.23. The summed E-state index contributed by atoms with van der Waals surface area (Å²) in [4.78, 5) is 10.5. The number of aldehydes is 1. The number of hydrogen-bond donors (Lipinski definition) is 0. The van der Waals surface area contributed by atoms with Crippen LogP contribution in [0.3, 0.4) is 0 Å². The quantitative estimate of drug-likeness (QED) is 0.613. The first-order valence-corrected chi connectivity index (χ1v) is 5.63. The van der Waals surface area contributed by atoms with Gasteiger partial charge < -0.3 is 0 Å². The van der Waals surface area contributed by atoms with E-state index in [1.54, 1.807) is 6.07 Å². The van der Waals surface area contributed by atoms with E-state index < -0.39 is 9.84 Å². The molecule has 1 aliphatic heterocycles. The van der Waals surface area contributed by atoms with Gasteiger partial charge in [0, 0.05) is 6.20 Å². The van der Waals surface area contributed by atoms with Gasteiger partial charge in [0.1, 0.15) is 5.69 Å². The van der Waals surface area contributed by atoms with Crippen molar-refractivity contribution < 1.29 is 13.2 Å². The second-order valence-corrected chi connectivity index (χ2v) is 5.20. The Hall–Kier alpha value is -1.17. The van der Waals surface area contributed by atoms with E-state index in [1.807, 2.05) is 0 Å². The van der Waals surface area contributed by atoms with Crippen molar-refractivity contribution in [2.24, 2.45) is 0 Å². The minimum Gasteiger partial charge on any atom is -0.296 e. The monoisotopic (exact) mass is 200 g/mol. The minimum absolute atomic E-state index is 0.0928. The zero-order valence-corrected chi connectivity index (χ0v) is 7.57. The zero-order valence-electron chi connectivity index (χ0n) is 6.75. The number of aromatic nitrogens is 2. The van der Waals surface area contributed by atoms with Crippen LogP contribution < -0.4 is 0 Å². The fraction of sp³-hybridized carbons (Fsp3) is 0.429. The minimum atomic E-state index is -2.86. The molecule has 1 saturated heterocycles. The first-order valence-electron chi connectivity index (χ1n) is 3.81. The highest BCUT2D eigenvalue weighted by molar-refractivity contribution is 7.92. The summed E-state index contributed by atoms with van der Waals surface area (Å²) >= 11 is 0. The Bertz CT molecular complexity index is 422. The van der Waals surface area contributed by atoms with Crippen molar-refractivity contribution in [1.29, 1.82) is 0 Å². The van der Waals surface area contributed by atoms with E-state index in [2.05, 4.69) is 5.10 Å². The molecule has 0 bridgehead atoms. The van der Waals surface area contributed by atoms with Gasteiger partial charge >= 0.3 is 0 Å². The lowest BCUT2D eigenvalue weighted by Gasteiger charge is -2.26. The maximum Gasteiger partial charge on any atom is 0.168 e. The number of nitrogens with zero attached hydrogens (tertiary/aromatic N) is 2. The lowest BCUT2D eigenvalue weighted by atomic mass is 10.3. The third kappa shape index (κ3) is 1.37. The smallest absolute Gasteiger partial charge is 0.168 e. The highest BCUT2D eigenvalue weighted by Gasteiger charge is 2.36. The fourth-order valence-electron chi connectivity index (χ4n) is 1.40. The molecule has 2 rings (SSSR count). The summed E-state index contributed by atoms with van der Waals surface area (Å²) in [6.07, 6.45) is 2.17. The number of carbonyl (C=O) groups excluding carboxylic acids is 1. The Morgan fingerprint density at radius 3 is 2.77 bits per heavy atom. The van der Waals surface area contributed by atoms with Crippen molar-refractivity contribution in [3.05, 3.63) is 18.0 Å². The van der Waals surface area contributed by atoms with Gasteiger partial charge in [0.2, 0.25) is 0 Å². The van der Waals surface area contributed by atoms with Crippen molar-refractivity contribution in [1.82, 2.24) is 9.78 Å².